The van der Waals surface area contributed by atoms with Crippen molar-refractivity contribution in [1.82, 2.24) is 24.9 Å². The maximum Gasteiger partial charge on any atom is 0.273 e. The molecule has 2 aromatic heterocycles. The van der Waals surface area contributed by atoms with Crippen LogP contribution in [-0.2, 0) is 17.9 Å². The van der Waals surface area contributed by atoms with Crippen LogP contribution >= 0.6 is 0 Å². The SMILES string of the molecule is O=C(Cn1[nH]c(=O)c2ccccc2c1=O)NCc1ccc(-n2cccn2)cc1. The van der Waals surface area contributed by atoms with Gasteiger partial charge in [0.2, 0.25) is 5.91 Å². The summed E-state index contributed by atoms with van der Waals surface area (Å²) in [4.78, 5) is 36.8. The van der Waals surface area contributed by atoms with Gasteiger partial charge in [0, 0.05) is 18.9 Å². The lowest BCUT2D eigenvalue weighted by Gasteiger charge is -2.09. The van der Waals surface area contributed by atoms with Gasteiger partial charge < -0.3 is 5.32 Å². The van der Waals surface area contributed by atoms with E-state index in [1.54, 1.807) is 35.1 Å². The molecule has 8 heteroatoms. The van der Waals surface area contributed by atoms with Crippen LogP contribution in [0.25, 0.3) is 16.5 Å². The monoisotopic (exact) mass is 375 g/mol. The lowest BCUT2D eigenvalue weighted by Crippen LogP contribution is -2.36. The average Bonchev–Trinajstić information content (AvgIpc) is 3.26. The highest BCUT2D eigenvalue weighted by molar-refractivity contribution is 5.81. The van der Waals surface area contributed by atoms with Crippen LogP contribution in [0, 0.1) is 0 Å². The summed E-state index contributed by atoms with van der Waals surface area (Å²) in [5, 5.41) is 9.95. The largest absolute Gasteiger partial charge is 0.350 e. The van der Waals surface area contributed by atoms with E-state index in [1.165, 1.54) is 0 Å². The van der Waals surface area contributed by atoms with Crippen molar-refractivity contribution in [1.29, 1.82) is 0 Å². The fraction of sp³-hybridized carbons (Fsp3) is 0.100. The van der Waals surface area contributed by atoms with Gasteiger partial charge in [-0.3, -0.25) is 19.5 Å². The number of aromatic nitrogens is 4. The first kappa shape index (κ1) is 17.5. The lowest BCUT2D eigenvalue weighted by atomic mass is 10.2. The van der Waals surface area contributed by atoms with Crippen molar-refractivity contribution in [3.05, 3.63) is 93.3 Å². The number of H-pyrrole nitrogens is 1. The van der Waals surface area contributed by atoms with Crippen LogP contribution in [0.2, 0.25) is 0 Å². The molecule has 8 nitrogen and oxygen atoms in total. The molecule has 0 atom stereocenters. The van der Waals surface area contributed by atoms with Crippen molar-refractivity contribution in [3.8, 4) is 5.69 Å². The molecular formula is C20H17N5O3. The first-order valence-corrected chi connectivity index (χ1v) is 8.69. The van der Waals surface area contributed by atoms with E-state index in [0.29, 0.717) is 11.9 Å². The zero-order valence-electron chi connectivity index (χ0n) is 14.8. The van der Waals surface area contributed by atoms with Gasteiger partial charge in [0.1, 0.15) is 6.54 Å². The summed E-state index contributed by atoms with van der Waals surface area (Å²) in [7, 11) is 0. The maximum absolute atomic E-state index is 12.4. The quantitative estimate of drug-likeness (QED) is 0.547. The summed E-state index contributed by atoms with van der Waals surface area (Å²) in [6, 6.07) is 15.9. The van der Waals surface area contributed by atoms with Crippen molar-refractivity contribution < 1.29 is 4.79 Å². The number of nitrogens with one attached hydrogen (secondary N) is 2. The molecule has 0 bridgehead atoms. The van der Waals surface area contributed by atoms with E-state index in [0.717, 1.165) is 15.9 Å². The number of hydrogen-bond donors (Lipinski definition) is 2. The van der Waals surface area contributed by atoms with Crippen LogP contribution in [0.1, 0.15) is 5.56 Å². The number of fused-ring (bicyclic) bond motifs is 1. The van der Waals surface area contributed by atoms with Crippen LogP contribution in [-0.4, -0.2) is 25.5 Å². The Bertz CT molecular complexity index is 1240. The predicted molar refractivity (Wildman–Crippen MR) is 104 cm³/mol. The van der Waals surface area contributed by atoms with E-state index in [4.69, 9.17) is 0 Å². The molecule has 1 amide bonds. The van der Waals surface area contributed by atoms with E-state index in [2.05, 4.69) is 15.5 Å². The Morgan fingerprint density at radius 2 is 1.75 bits per heavy atom. The molecule has 2 N–H and O–H groups in total. The Kier molecular flexibility index (Phi) is 4.59. The van der Waals surface area contributed by atoms with Crippen molar-refractivity contribution in [2.24, 2.45) is 0 Å². The highest BCUT2D eigenvalue weighted by atomic mass is 16.2. The van der Waals surface area contributed by atoms with Crippen molar-refractivity contribution in [2.75, 3.05) is 0 Å². The summed E-state index contributed by atoms with van der Waals surface area (Å²) < 4.78 is 2.77. The fourth-order valence-corrected chi connectivity index (χ4v) is 2.95. The topological polar surface area (TPSA) is 102 Å². The molecule has 0 aliphatic heterocycles. The molecule has 0 radical (unpaired) electrons. The fourth-order valence-electron chi connectivity index (χ4n) is 2.95. The molecule has 28 heavy (non-hydrogen) atoms. The van der Waals surface area contributed by atoms with E-state index in [1.807, 2.05) is 36.5 Å². The minimum atomic E-state index is -0.408. The Balaban J connectivity index is 1.44. The second-order valence-corrected chi connectivity index (χ2v) is 6.27. The molecule has 2 aromatic carbocycles. The predicted octanol–water partition coefficient (Wildman–Crippen LogP) is 1.19. The number of hydrogen-bond acceptors (Lipinski definition) is 4. The molecule has 0 spiro atoms. The Morgan fingerprint density at radius 3 is 2.46 bits per heavy atom. The maximum atomic E-state index is 12.4. The van der Waals surface area contributed by atoms with Crippen LogP contribution < -0.4 is 16.4 Å². The van der Waals surface area contributed by atoms with Gasteiger partial charge in [0.15, 0.2) is 0 Å². The summed E-state index contributed by atoms with van der Waals surface area (Å²) in [5.74, 6) is -0.371. The van der Waals surface area contributed by atoms with E-state index in [-0.39, 0.29) is 17.8 Å². The molecule has 2 heterocycles. The molecule has 0 aliphatic carbocycles. The van der Waals surface area contributed by atoms with Crippen LogP contribution in [0.3, 0.4) is 0 Å². The smallest absolute Gasteiger partial charge is 0.273 e. The molecule has 4 aromatic rings. The number of amides is 1. The molecule has 0 unspecified atom stereocenters. The molecule has 0 fully saturated rings. The highest BCUT2D eigenvalue weighted by Crippen LogP contribution is 2.08. The number of aromatic amines is 1. The van der Waals surface area contributed by atoms with Crippen LogP contribution in [0.15, 0.2) is 76.6 Å². The van der Waals surface area contributed by atoms with Crippen LogP contribution in [0.5, 0.6) is 0 Å². The second kappa shape index (κ2) is 7.36. The van der Waals surface area contributed by atoms with Gasteiger partial charge in [0.25, 0.3) is 11.1 Å². The first-order valence-electron chi connectivity index (χ1n) is 8.69. The van der Waals surface area contributed by atoms with Crippen molar-refractivity contribution in [3.63, 3.8) is 0 Å². The van der Waals surface area contributed by atoms with Crippen molar-refractivity contribution >= 4 is 16.7 Å². The Labute approximate surface area is 159 Å². The first-order chi connectivity index (χ1) is 13.6. The molecule has 4 rings (SSSR count). The van der Waals surface area contributed by atoms with Gasteiger partial charge >= 0.3 is 0 Å². The number of benzene rings is 2. The molecule has 0 saturated heterocycles. The summed E-state index contributed by atoms with van der Waals surface area (Å²) in [5.41, 5.74) is 1.01. The summed E-state index contributed by atoms with van der Waals surface area (Å²) >= 11 is 0. The number of carbonyl (C=O) groups is 1. The van der Waals surface area contributed by atoms with Gasteiger partial charge in [-0.2, -0.15) is 5.10 Å². The molecular weight excluding hydrogens is 358 g/mol. The highest BCUT2D eigenvalue weighted by Gasteiger charge is 2.10. The van der Waals surface area contributed by atoms with E-state index >= 15 is 0 Å². The van der Waals surface area contributed by atoms with Gasteiger partial charge in [-0.25, -0.2) is 9.36 Å². The zero-order chi connectivity index (χ0) is 19.5. The van der Waals surface area contributed by atoms with Gasteiger partial charge in [-0.15, -0.1) is 0 Å². The Morgan fingerprint density at radius 1 is 1.00 bits per heavy atom. The van der Waals surface area contributed by atoms with E-state index < -0.39 is 11.1 Å². The van der Waals surface area contributed by atoms with Gasteiger partial charge in [0.05, 0.1) is 16.5 Å². The lowest BCUT2D eigenvalue weighted by molar-refractivity contribution is -0.122. The third kappa shape index (κ3) is 3.48. The molecule has 0 aliphatic rings. The van der Waals surface area contributed by atoms with Gasteiger partial charge in [-0.1, -0.05) is 24.3 Å². The number of rotatable bonds is 5. The number of nitrogens with zero attached hydrogens (tertiary/aromatic N) is 3. The van der Waals surface area contributed by atoms with Crippen LogP contribution in [0.4, 0.5) is 0 Å². The summed E-state index contributed by atoms with van der Waals surface area (Å²) in [6.07, 6.45) is 3.55. The van der Waals surface area contributed by atoms with Gasteiger partial charge in [-0.05, 0) is 35.9 Å². The Hall–Kier alpha value is -3.94. The second-order valence-electron chi connectivity index (χ2n) is 6.27. The average molecular weight is 375 g/mol. The third-order valence-electron chi connectivity index (χ3n) is 4.38. The molecule has 140 valence electrons. The van der Waals surface area contributed by atoms with Crippen molar-refractivity contribution in [2.45, 2.75) is 13.1 Å². The number of carbonyl (C=O) groups excluding carboxylic acids is 1. The minimum Gasteiger partial charge on any atom is -0.350 e. The zero-order valence-corrected chi connectivity index (χ0v) is 14.8. The van der Waals surface area contributed by atoms with E-state index in [9.17, 15) is 14.4 Å². The molecule has 0 saturated carbocycles. The standard InChI is InChI=1S/C20H17N5O3/c26-18(13-25-20(28)17-5-2-1-4-16(17)19(27)23-25)21-12-14-6-8-15(9-7-14)24-11-3-10-22-24/h1-11H,12-13H2,(H,21,26)(H,23,27). The minimum absolute atomic E-state index is 0.260. The normalized spacial score (nSPS) is 10.9. The third-order valence-corrected chi connectivity index (χ3v) is 4.38. The summed E-state index contributed by atoms with van der Waals surface area (Å²) in [6.45, 7) is 0.0507.